The summed E-state index contributed by atoms with van der Waals surface area (Å²) in [5, 5.41) is 20.3. The Labute approximate surface area is 117 Å². The standard InChI is InChI=1S/C16H17NO3/c18-15(19)11-17-10-12-6-8-14(9-7-12)16(20)13-4-2-1-3-5-13/h1-9,15,17-19H,10-11H2. The van der Waals surface area contributed by atoms with E-state index in [-0.39, 0.29) is 12.3 Å². The minimum Gasteiger partial charge on any atom is -0.367 e. The first-order valence-corrected chi connectivity index (χ1v) is 6.42. The van der Waals surface area contributed by atoms with Gasteiger partial charge in [0.1, 0.15) is 0 Å². The number of hydrogen-bond donors (Lipinski definition) is 3. The molecule has 0 bridgehead atoms. The number of benzene rings is 2. The Kier molecular flexibility index (Phi) is 5.01. The number of rotatable bonds is 6. The predicted octanol–water partition coefficient (Wildman–Crippen LogP) is 1.32. The summed E-state index contributed by atoms with van der Waals surface area (Å²) in [6.07, 6.45) is -1.35. The summed E-state index contributed by atoms with van der Waals surface area (Å²) in [6, 6.07) is 16.4. The number of carbonyl (C=O) groups is 1. The molecule has 0 aliphatic rings. The van der Waals surface area contributed by atoms with Crippen molar-refractivity contribution in [1.82, 2.24) is 5.32 Å². The summed E-state index contributed by atoms with van der Waals surface area (Å²) in [5.41, 5.74) is 2.29. The lowest BCUT2D eigenvalue weighted by Gasteiger charge is -2.07. The molecular weight excluding hydrogens is 254 g/mol. The summed E-state index contributed by atoms with van der Waals surface area (Å²) >= 11 is 0. The van der Waals surface area contributed by atoms with Crippen LogP contribution < -0.4 is 5.32 Å². The Morgan fingerprint density at radius 3 is 2.15 bits per heavy atom. The first-order valence-electron chi connectivity index (χ1n) is 6.42. The quantitative estimate of drug-likeness (QED) is 0.547. The molecule has 0 fully saturated rings. The van der Waals surface area contributed by atoms with Gasteiger partial charge in [0.25, 0.3) is 0 Å². The van der Waals surface area contributed by atoms with Crippen LogP contribution in [0.1, 0.15) is 21.5 Å². The Bertz CT molecular complexity index is 550. The zero-order chi connectivity index (χ0) is 14.4. The second kappa shape index (κ2) is 6.96. The molecule has 20 heavy (non-hydrogen) atoms. The predicted molar refractivity (Wildman–Crippen MR) is 76.2 cm³/mol. The van der Waals surface area contributed by atoms with E-state index in [1.807, 2.05) is 30.3 Å². The number of ketones is 1. The van der Waals surface area contributed by atoms with Crippen LogP contribution in [0.3, 0.4) is 0 Å². The molecule has 0 saturated carbocycles. The summed E-state index contributed by atoms with van der Waals surface area (Å²) in [5.74, 6) is -0.00381. The van der Waals surface area contributed by atoms with Crippen LogP contribution in [0.25, 0.3) is 0 Å². The summed E-state index contributed by atoms with van der Waals surface area (Å²) in [6.45, 7) is 0.641. The Balaban J connectivity index is 1.99. The van der Waals surface area contributed by atoms with Gasteiger partial charge in [0.05, 0.1) is 0 Å². The van der Waals surface area contributed by atoms with Gasteiger partial charge >= 0.3 is 0 Å². The van der Waals surface area contributed by atoms with Gasteiger partial charge in [-0.25, -0.2) is 0 Å². The molecule has 4 nitrogen and oxygen atoms in total. The number of carbonyl (C=O) groups excluding carboxylic acids is 1. The molecule has 4 heteroatoms. The Morgan fingerprint density at radius 1 is 0.950 bits per heavy atom. The lowest BCUT2D eigenvalue weighted by atomic mass is 10.0. The van der Waals surface area contributed by atoms with Gasteiger partial charge in [-0.2, -0.15) is 0 Å². The SMILES string of the molecule is O=C(c1ccccc1)c1ccc(CNCC(O)O)cc1. The fourth-order valence-corrected chi connectivity index (χ4v) is 1.88. The highest BCUT2D eigenvalue weighted by molar-refractivity contribution is 6.08. The molecule has 0 aliphatic heterocycles. The first kappa shape index (κ1) is 14.4. The topological polar surface area (TPSA) is 69.6 Å². The highest BCUT2D eigenvalue weighted by Gasteiger charge is 2.07. The van der Waals surface area contributed by atoms with E-state index >= 15 is 0 Å². The zero-order valence-corrected chi connectivity index (χ0v) is 11.0. The van der Waals surface area contributed by atoms with Crippen molar-refractivity contribution in [3.8, 4) is 0 Å². The third-order valence-corrected chi connectivity index (χ3v) is 2.91. The van der Waals surface area contributed by atoms with E-state index in [1.54, 1.807) is 24.3 Å². The molecule has 0 amide bonds. The minimum absolute atomic E-state index is 0.00381. The molecule has 0 unspecified atom stereocenters. The van der Waals surface area contributed by atoms with Gasteiger partial charge in [-0.1, -0.05) is 54.6 Å². The number of aliphatic hydroxyl groups excluding tert-OH is 1. The number of hydrogen-bond acceptors (Lipinski definition) is 4. The Morgan fingerprint density at radius 2 is 1.55 bits per heavy atom. The van der Waals surface area contributed by atoms with Crippen LogP contribution in [0.15, 0.2) is 54.6 Å². The molecule has 0 heterocycles. The molecule has 3 N–H and O–H groups in total. The number of nitrogens with one attached hydrogen (secondary N) is 1. The van der Waals surface area contributed by atoms with E-state index < -0.39 is 6.29 Å². The summed E-state index contributed by atoms with van der Waals surface area (Å²) in [4.78, 5) is 12.2. The molecule has 0 aliphatic carbocycles. The van der Waals surface area contributed by atoms with Crippen molar-refractivity contribution in [2.24, 2.45) is 0 Å². The van der Waals surface area contributed by atoms with Crippen molar-refractivity contribution in [3.63, 3.8) is 0 Å². The first-order chi connectivity index (χ1) is 9.66. The maximum absolute atomic E-state index is 12.2. The van der Waals surface area contributed by atoms with E-state index in [1.165, 1.54) is 0 Å². The van der Waals surface area contributed by atoms with Gasteiger partial charge in [-0.05, 0) is 5.56 Å². The van der Waals surface area contributed by atoms with Gasteiger partial charge in [-0.15, -0.1) is 0 Å². The van der Waals surface area contributed by atoms with Crippen molar-refractivity contribution < 1.29 is 15.0 Å². The third kappa shape index (κ3) is 3.99. The van der Waals surface area contributed by atoms with Crippen molar-refractivity contribution in [2.75, 3.05) is 6.54 Å². The lowest BCUT2D eigenvalue weighted by molar-refractivity contribution is -0.0373. The molecule has 2 aromatic carbocycles. The zero-order valence-electron chi connectivity index (χ0n) is 11.0. The molecule has 0 spiro atoms. The van der Waals surface area contributed by atoms with Crippen LogP contribution in [-0.2, 0) is 6.54 Å². The lowest BCUT2D eigenvalue weighted by Crippen LogP contribution is -2.25. The summed E-state index contributed by atoms with van der Waals surface area (Å²) < 4.78 is 0. The second-order valence-corrected chi connectivity index (χ2v) is 4.50. The van der Waals surface area contributed by atoms with Crippen LogP contribution in [0.4, 0.5) is 0 Å². The van der Waals surface area contributed by atoms with Crippen molar-refractivity contribution in [3.05, 3.63) is 71.3 Å². The Hall–Kier alpha value is -2.01. The van der Waals surface area contributed by atoms with E-state index in [2.05, 4.69) is 5.32 Å². The monoisotopic (exact) mass is 271 g/mol. The fraction of sp³-hybridized carbons (Fsp3) is 0.188. The van der Waals surface area contributed by atoms with Gasteiger partial charge in [-0.3, -0.25) is 4.79 Å². The smallest absolute Gasteiger partial charge is 0.193 e. The van der Waals surface area contributed by atoms with Gasteiger partial charge in [0.15, 0.2) is 12.1 Å². The van der Waals surface area contributed by atoms with Gasteiger partial charge in [0, 0.05) is 24.2 Å². The van der Waals surface area contributed by atoms with Gasteiger partial charge < -0.3 is 15.5 Å². The van der Waals surface area contributed by atoms with Crippen molar-refractivity contribution in [1.29, 1.82) is 0 Å². The fourth-order valence-electron chi connectivity index (χ4n) is 1.88. The van der Waals surface area contributed by atoms with Crippen LogP contribution >= 0.6 is 0 Å². The maximum Gasteiger partial charge on any atom is 0.193 e. The highest BCUT2D eigenvalue weighted by Crippen LogP contribution is 2.11. The average molecular weight is 271 g/mol. The number of aliphatic hydroxyl groups is 2. The molecule has 0 aromatic heterocycles. The molecule has 0 radical (unpaired) electrons. The third-order valence-electron chi connectivity index (χ3n) is 2.91. The van der Waals surface area contributed by atoms with E-state index in [9.17, 15) is 4.79 Å². The molecule has 0 atom stereocenters. The van der Waals surface area contributed by atoms with Crippen molar-refractivity contribution in [2.45, 2.75) is 12.8 Å². The van der Waals surface area contributed by atoms with E-state index in [0.29, 0.717) is 17.7 Å². The minimum atomic E-state index is -1.35. The second-order valence-electron chi connectivity index (χ2n) is 4.50. The normalized spacial score (nSPS) is 10.8. The van der Waals surface area contributed by atoms with Crippen molar-refractivity contribution >= 4 is 5.78 Å². The molecule has 2 rings (SSSR count). The summed E-state index contributed by atoms with van der Waals surface area (Å²) in [7, 11) is 0. The maximum atomic E-state index is 12.2. The molecule has 0 saturated heterocycles. The van der Waals surface area contributed by atoms with Crippen LogP contribution in [0, 0.1) is 0 Å². The average Bonchev–Trinajstić information content (AvgIpc) is 2.48. The highest BCUT2D eigenvalue weighted by atomic mass is 16.5. The van der Waals surface area contributed by atoms with Gasteiger partial charge in [0.2, 0.25) is 0 Å². The molecular formula is C16H17NO3. The molecule has 104 valence electrons. The van der Waals surface area contributed by atoms with Crippen LogP contribution in [-0.4, -0.2) is 28.8 Å². The van der Waals surface area contributed by atoms with Crippen LogP contribution in [0.5, 0.6) is 0 Å². The van der Waals surface area contributed by atoms with E-state index in [4.69, 9.17) is 10.2 Å². The molecule has 2 aromatic rings. The van der Waals surface area contributed by atoms with Crippen LogP contribution in [0.2, 0.25) is 0 Å². The largest absolute Gasteiger partial charge is 0.367 e. The van der Waals surface area contributed by atoms with E-state index in [0.717, 1.165) is 5.56 Å².